The molecule has 3 amide bonds. The van der Waals surface area contributed by atoms with Crippen molar-refractivity contribution in [1.29, 1.82) is 0 Å². The van der Waals surface area contributed by atoms with Gasteiger partial charge in [-0.1, -0.05) is 13.2 Å². The number of hydrogen-bond donors (Lipinski definition) is 0. The van der Waals surface area contributed by atoms with E-state index in [2.05, 4.69) is 13.2 Å². The van der Waals surface area contributed by atoms with Crippen molar-refractivity contribution in [2.45, 2.75) is 6.42 Å². The maximum Gasteiger partial charge on any atom is 0.248 e. The summed E-state index contributed by atoms with van der Waals surface area (Å²) in [5, 5.41) is 0. The van der Waals surface area contributed by atoms with Gasteiger partial charge >= 0.3 is 0 Å². The number of carbonyl (C=O) groups is 3. The van der Waals surface area contributed by atoms with Crippen molar-refractivity contribution in [1.82, 2.24) is 14.7 Å². The molecule has 1 aliphatic rings. The molecule has 20 heavy (non-hydrogen) atoms. The molecule has 0 aromatic rings. The maximum atomic E-state index is 12.0. The van der Waals surface area contributed by atoms with E-state index in [1.165, 1.54) is 21.8 Å². The van der Waals surface area contributed by atoms with Gasteiger partial charge in [-0.15, -0.1) is 0 Å². The summed E-state index contributed by atoms with van der Waals surface area (Å²) < 4.78 is 4.85. The molecule has 0 bridgehead atoms. The van der Waals surface area contributed by atoms with Crippen LogP contribution >= 0.6 is 0 Å². The van der Waals surface area contributed by atoms with Crippen LogP contribution < -0.4 is 0 Å². The Morgan fingerprint density at radius 1 is 1.00 bits per heavy atom. The van der Waals surface area contributed by atoms with Crippen LogP contribution in [0.1, 0.15) is 6.42 Å². The minimum atomic E-state index is -0.337. The fourth-order valence-electron chi connectivity index (χ4n) is 1.79. The van der Waals surface area contributed by atoms with Gasteiger partial charge in [-0.2, -0.15) is 0 Å². The van der Waals surface area contributed by atoms with Gasteiger partial charge in [0, 0.05) is 7.11 Å². The van der Waals surface area contributed by atoms with Gasteiger partial charge < -0.3 is 19.4 Å². The van der Waals surface area contributed by atoms with Crippen LogP contribution in [0.4, 0.5) is 0 Å². The summed E-state index contributed by atoms with van der Waals surface area (Å²) >= 11 is 0. The van der Waals surface area contributed by atoms with Crippen molar-refractivity contribution in [2.75, 3.05) is 33.7 Å². The van der Waals surface area contributed by atoms with Gasteiger partial charge in [-0.3, -0.25) is 14.4 Å². The summed E-state index contributed by atoms with van der Waals surface area (Å²) in [4.78, 5) is 39.5. The first-order valence-corrected chi connectivity index (χ1v) is 6.12. The molecule has 1 heterocycles. The van der Waals surface area contributed by atoms with Crippen LogP contribution in [0, 0.1) is 0 Å². The smallest absolute Gasteiger partial charge is 0.248 e. The van der Waals surface area contributed by atoms with Crippen LogP contribution in [-0.2, 0) is 19.1 Å². The zero-order valence-corrected chi connectivity index (χ0v) is 11.6. The SMILES string of the molecule is C=CC(=O)N1CN(C(=O)C=C)CN(C(=O)CCOC)C1. The van der Waals surface area contributed by atoms with Crippen LogP contribution in [0.5, 0.6) is 0 Å². The van der Waals surface area contributed by atoms with Gasteiger partial charge in [0.05, 0.1) is 33.0 Å². The quantitative estimate of drug-likeness (QED) is 0.653. The Kier molecular flexibility index (Phi) is 5.92. The lowest BCUT2D eigenvalue weighted by Gasteiger charge is -2.41. The predicted octanol–water partition coefficient (Wildman–Crippen LogP) is -0.233. The summed E-state index contributed by atoms with van der Waals surface area (Å²) in [6.45, 7) is 7.49. The second-order valence-electron chi connectivity index (χ2n) is 4.27. The number of rotatable bonds is 5. The van der Waals surface area contributed by atoms with E-state index in [4.69, 9.17) is 4.74 Å². The standard InChI is InChI=1S/C13H19N3O4/c1-4-11(17)14-8-15(12(18)5-2)10-16(9-14)13(19)6-7-20-3/h4-5H,1-2,6-10H2,3H3. The van der Waals surface area contributed by atoms with Crippen LogP contribution in [-0.4, -0.2) is 66.1 Å². The van der Waals surface area contributed by atoms with Crippen LogP contribution in [0.25, 0.3) is 0 Å². The Hall–Kier alpha value is -2.15. The van der Waals surface area contributed by atoms with E-state index in [1.807, 2.05) is 0 Å². The lowest BCUT2D eigenvalue weighted by atomic mass is 10.3. The van der Waals surface area contributed by atoms with Crippen molar-refractivity contribution in [3.8, 4) is 0 Å². The normalized spacial score (nSPS) is 14.9. The molecular formula is C13H19N3O4. The van der Waals surface area contributed by atoms with E-state index in [1.54, 1.807) is 0 Å². The third-order valence-corrected chi connectivity index (χ3v) is 2.87. The van der Waals surface area contributed by atoms with Gasteiger partial charge in [0.15, 0.2) is 0 Å². The van der Waals surface area contributed by atoms with Crippen LogP contribution in [0.3, 0.4) is 0 Å². The van der Waals surface area contributed by atoms with Crippen molar-refractivity contribution < 1.29 is 19.1 Å². The van der Waals surface area contributed by atoms with Crippen molar-refractivity contribution in [3.63, 3.8) is 0 Å². The molecule has 1 saturated heterocycles. The number of nitrogens with zero attached hydrogens (tertiary/aromatic N) is 3. The molecule has 1 rings (SSSR count). The Morgan fingerprint density at radius 3 is 1.85 bits per heavy atom. The summed E-state index contributed by atoms with van der Waals surface area (Å²) in [5.41, 5.74) is 0. The molecule has 0 N–H and O–H groups in total. The lowest BCUT2D eigenvalue weighted by Crippen LogP contribution is -2.59. The molecule has 0 aliphatic carbocycles. The monoisotopic (exact) mass is 281 g/mol. The van der Waals surface area contributed by atoms with Gasteiger partial charge in [0.2, 0.25) is 17.7 Å². The zero-order chi connectivity index (χ0) is 15.1. The molecule has 0 unspecified atom stereocenters. The highest BCUT2D eigenvalue weighted by Gasteiger charge is 2.29. The van der Waals surface area contributed by atoms with Gasteiger partial charge in [-0.25, -0.2) is 0 Å². The lowest BCUT2D eigenvalue weighted by molar-refractivity contribution is -0.154. The second-order valence-corrected chi connectivity index (χ2v) is 4.27. The molecule has 0 aromatic heterocycles. The highest BCUT2D eigenvalue weighted by molar-refractivity contribution is 5.90. The van der Waals surface area contributed by atoms with E-state index >= 15 is 0 Å². The van der Waals surface area contributed by atoms with Gasteiger partial charge in [0.25, 0.3) is 0 Å². The van der Waals surface area contributed by atoms with Crippen molar-refractivity contribution in [2.24, 2.45) is 0 Å². The summed E-state index contributed by atoms with van der Waals surface area (Å²) in [5.74, 6) is -0.859. The average molecular weight is 281 g/mol. The molecule has 1 fully saturated rings. The topological polar surface area (TPSA) is 70.2 Å². The van der Waals surface area contributed by atoms with Gasteiger partial charge in [0.1, 0.15) is 0 Å². The number of ether oxygens (including phenoxy) is 1. The van der Waals surface area contributed by atoms with E-state index < -0.39 is 0 Å². The highest BCUT2D eigenvalue weighted by atomic mass is 16.5. The number of methoxy groups -OCH3 is 1. The van der Waals surface area contributed by atoms with Gasteiger partial charge in [-0.05, 0) is 12.2 Å². The summed E-state index contributed by atoms with van der Waals surface area (Å²) in [6.07, 6.45) is 2.50. The fourth-order valence-corrected chi connectivity index (χ4v) is 1.79. The number of hydrogen-bond acceptors (Lipinski definition) is 4. The average Bonchev–Trinajstić information content (AvgIpc) is 2.50. The number of amides is 3. The molecule has 7 heteroatoms. The van der Waals surface area contributed by atoms with E-state index in [9.17, 15) is 14.4 Å². The van der Waals surface area contributed by atoms with E-state index in [0.717, 1.165) is 12.2 Å². The van der Waals surface area contributed by atoms with Crippen LogP contribution in [0.2, 0.25) is 0 Å². The molecule has 1 aliphatic heterocycles. The fraction of sp³-hybridized carbons (Fsp3) is 0.462. The maximum absolute atomic E-state index is 12.0. The molecule has 0 radical (unpaired) electrons. The predicted molar refractivity (Wildman–Crippen MR) is 72.0 cm³/mol. The third-order valence-electron chi connectivity index (χ3n) is 2.87. The highest BCUT2D eigenvalue weighted by Crippen LogP contribution is 2.10. The molecule has 0 spiro atoms. The third kappa shape index (κ3) is 3.92. The first kappa shape index (κ1) is 15.9. The first-order valence-electron chi connectivity index (χ1n) is 6.12. The molecule has 0 atom stereocenters. The molecule has 0 saturated carbocycles. The second kappa shape index (κ2) is 7.44. The Bertz CT molecular complexity index is 394. The van der Waals surface area contributed by atoms with Crippen molar-refractivity contribution in [3.05, 3.63) is 25.3 Å². The first-order chi connectivity index (χ1) is 9.53. The molecule has 7 nitrogen and oxygen atoms in total. The van der Waals surface area contributed by atoms with Crippen LogP contribution in [0.15, 0.2) is 25.3 Å². The molecular weight excluding hydrogens is 262 g/mol. The minimum absolute atomic E-state index is 0.115. The minimum Gasteiger partial charge on any atom is -0.384 e. The van der Waals surface area contributed by atoms with Crippen molar-refractivity contribution >= 4 is 17.7 Å². The molecule has 0 aromatic carbocycles. The Labute approximate surface area is 118 Å². The number of carbonyl (C=O) groups excluding carboxylic acids is 3. The summed E-state index contributed by atoms with van der Waals surface area (Å²) in [6, 6.07) is 0. The summed E-state index contributed by atoms with van der Waals surface area (Å²) in [7, 11) is 1.50. The Balaban J connectivity index is 2.81. The Morgan fingerprint density at radius 2 is 1.45 bits per heavy atom. The zero-order valence-electron chi connectivity index (χ0n) is 11.6. The molecule has 110 valence electrons. The van der Waals surface area contributed by atoms with E-state index in [0.29, 0.717) is 6.61 Å². The largest absolute Gasteiger partial charge is 0.384 e. The van der Waals surface area contributed by atoms with E-state index in [-0.39, 0.29) is 44.1 Å².